The van der Waals surface area contributed by atoms with E-state index < -0.39 is 0 Å². The van der Waals surface area contributed by atoms with Crippen molar-refractivity contribution in [2.24, 2.45) is 10.9 Å². The van der Waals surface area contributed by atoms with Crippen molar-refractivity contribution in [1.29, 1.82) is 0 Å². The average Bonchev–Trinajstić information content (AvgIpc) is 2.71. The third kappa shape index (κ3) is 7.92. The highest BCUT2D eigenvalue weighted by Crippen LogP contribution is 2.26. The van der Waals surface area contributed by atoms with Gasteiger partial charge in [0.15, 0.2) is 0 Å². The van der Waals surface area contributed by atoms with E-state index in [1.165, 1.54) is 27.8 Å². The number of hydroxylamine groups is 1. The fraction of sp³-hybridized carbons (Fsp3) is 0.500. The number of ether oxygens (including phenoxy) is 1. The lowest BCUT2D eigenvalue weighted by atomic mass is 9.93. The predicted octanol–water partition coefficient (Wildman–Crippen LogP) is 6.29. The summed E-state index contributed by atoms with van der Waals surface area (Å²) in [5, 5.41) is 0. The summed E-state index contributed by atoms with van der Waals surface area (Å²) in [5.41, 5.74) is 10.4. The quantitative estimate of drug-likeness (QED) is 0.201. The summed E-state index contributed by atoms with van der Waals surface area (Å²) in [6.07, 6.45) is 6.29. The summed E-state index contributed by atoms with van der Waals surface area (Å²) < 4.78 is 5.51. The number of amidine groups is 1. The van der Waals surface area contributed by atoms with Gasteiger partial charge < -0.3 is 4.74 Å². The molecule has 0 aromatic heterocycles. The number of nitrogens with zero attached hydrogens (tertiary/aromatic N) is 1. The Morgan fingerprint density at radius 2 is 1.87 bits per heavy atom. The van der Waals surface area contributed by atoms with E-state index in [1.54, 1.807) is 14.2 Å². The standard InChI is InChI=1S/C26H40N2O2/c1-9-13-24(19(3)4)26(27-7)28-30-17-20(5)16-22(18-29-8)23(10-2)25-15-12-11-14-21(25)6/h11-16,19H,9-10,17-18H2,1-8H3,(H,27,28)/b20-16?,23-22?,24-13+. The van der Waals surface area contributed by atoms with Crippen LogP contribution in [-0.4, -0.2) is 33.2 Å². The lowest BCUT2D eigenvalue weighted by molar-refractivity contribution is 0.105. The van der Waals surface area contributed by atoms with Gasteiger partial charge in [-0.25, -0.2) is 5.48 Å². The first-order chi connectivity index (χ1) is 14.4. The number of methoxy groups -OCH3 is 1. The van der Waals surface area contributed by atoms with Gasteiger partial charge in [-0.05, 0) is 66.0 Å². The van der Waals surface area contributed by atoms with Gasteiger partial charge in [0.1, 0.15) is 5.84 Å². The van der Waals surface area contributed by atoms with E-state index in [0.717, 1.165) is 24.3 Å². The van der Waals surface area contributed by atoms with Crippen LogP contribution < -0.4 is 5.48 Å². The SMILES string of the molecule is CC/C=C(/C(=NC)NOCC(C)=CC(COC)=C(CC)c1ccccc1C)C(C)C. The molecule has 166 valence electrons. The van der Waals surface area contributed by atoms with Gasteiger partial charge in [-0.3, -0.25) is 9.83 Å². The van der Waals surface area contributed by atoms with Crippen LogP contribution >= 0.6 is 0 Å². The molecule has 0 unspecified atom stereocenters. The van der Waals surface area contributed by atoms with Gasteiger partial charge in [-0.15, -0.1) is 0 Å². The normalized spacial score (nSPS) is 14.2. The Labute approximate surface area is 183 Å². The van der Waals surface area contributed by atoms with E-state index >= 15 is 0 Å². The molecule has 4 nitrogen and oxygen atoms in total. The van der Waals surface area contributed by atoms with Crippen LogP contribution in [0.5, 0.6) is 0 Å². The van der Waals surface area contributed by atoms with Crippen molar-refractivity contribution in [3.05, 3.63) is 64.3 Å². The first-order valence-corrected chi connectivity index (χ1v) is 10.9. The van der Waals surface area contributed by atoms with Gasteiger partial charge in [0, 0.05) is 14.2 Å². The summed E-state index contributed by atoms with van der Waals surface area (Å²) in [6, 6.07) is 8.51. The lowest BCUT2D eigenvalue weighted by Gasteiger charge is -2.17. The Balaban J connectivity index is 3.01. The third-order valence-electron chi connectivity index (χ3n) is 4.94. The molecule has 0 amide bonds. The maximum absolute atomic E-state index is 5.79. The van der Waals surface area contributed by atoms with E-state index in [-0.39, 0.29) is 0 Å². The van der Waals surface area contributed by atoms with Crippen LogP contribution in [0.1, 0.15) is 58.6 Å². The minimum atomic E-state index is 0.383. The Hall–Kier alpha value is -2.17. The largest absolute Gasteiger partial charge is 0.380 e. The van der Waals surface area contributed by atoms with Gasteiger partial charge in [0.2, 0.25) is 0 Å². The molecule has 0 spiro atoms. The molecule has 0 heterocycles. The molecular weight excluding hydrogens is 372 g/mol. The van der Waals surface area contributed by atoms with Crippen LogP contribution in [-0.2, 0) is 9.57 Å². The number of nitrogens with one attached hydrogen (secondary N) is 1. The van der Waals surface area contributed by atoms with Crippen LogP contribution in [0.4, 0.5) is 0 Å². The zero-order valence-electron chi connectivity index (χ0n) is 20.1. The first-order valence-electron chi connectivity index (χ1n) is 10.9. The Morgan fingerprint density at radius 1 is 1.17 bits per heavy atom. The van der Waals surface area contributed by atoms with Gasteiger partial charge >= 0.3 is 0 Å². The molecule has 4 heteroatoms. The van der Waals surface area contributed by atoms with Gasteiger partial charge in [-0.1, -0.05) is 64.1 Å². The smallest absolute Gasteiger partial charge is 0.147 e. The van der Waals surface area contributed by atoms with E-state index in [1.807, 2.05) is 0 Å². The van der Waals surface area contributed by atoms with Gasteiger partial charge in [0.05, 0.1) is 13.2 Å². The summed E-state index contributed by atoms with van der Waals surface area (Å²) in [6.45, 7) is 13.9. The fourth-order valence-electron chi connectivity index (χ4n) is 3.49. The Kier molecular flexibility index (Phi) is 12.0. The first kappa shape index (κ1) is 25.9. The third-order valence-corrected chi connectivity index (χ3v) is 4.94. The molecule has 1 rings (SSSR count). The van der Waals surface area contributed by atoms with E-state index in [9.17, 15) is 0 Å². The fourth-order valence-corrected chi connectivity index (χ4v) is 3.49. The summed E-state index contributed by atoms with van der Waals surface area (Å²) >= 11 is 0. The van der Waals surface area contributed by atoms with Crippen molar-refractivity contribution in [3.8, 4) is 0 Å². The van der Waals surface area contributed by atoms with E-state index in [4.69, 9.17) is 9.57 Å². The lowest BCUT2D eigenvalue weighted by Crippen LogP contribution is -2.28. The number of aliphatic imine (C=N–C) groups is 1. The van der Waals surface area contributed by atoms with Crippen LogP contribution in [0.2, 0.25) is 0 Å². The monoisotopic (exact) mass is 412 g/mol. The number of aryl methyl sites for hydroxylation is 1. The van der Waals surface area contributed by atoms with E-state index in [0.29, 0.717) is 19.1 Å². The Bertz CT molecular complexity index is 786. The van der Waals surface area contributed by atoms with Crippen molar-refractivity contribution >= 4 is 11.4 Å². The molecule has 1 aromatic carbocycles. The molecule has 0 atom stereocenters. The molecule has 0 aliphatic rings. The van der Waals surface area contributed by atoms with Gasteiger partial charge in [-0.2, -0.15) is 0 Å². The van der Waals surface area contributed by atoms with Crippen molar-refractivity contribution in [3.63, 3.8) is 0 Å². The second-order valence-corrected chi connectivity index (χ2v) is 7.78. The molecule has 0 saturated heterocycles. The maximum atomic E-state index is 5.79. The molecule has 0 bridgehead atoms. The molecule has 1 N–H and O–H groups in total. The number of allylic oxidation sites excluding steroid dienone is 2. The number of rotatable bonds is 11. The van der Waals surface area contributed by atoms with Crippen molar-refractivity contribution < 1.29 is 9.57 Å². The highest BCUT2D eigenvalue weighted by Gasteiger charge is 2.11. The molecule has 0 fully saturated rings. The molecule has 0 radical (unpaired) electrons. The number of hydrogen-bond donors (Lipinski definition) is 1. The zero-order chi connectivity index (χ0) is 22.5. The maximum Gasteiger partial charge on any atom is 0.147 e. The van der Waals surface area contributed by atoms with Crippen LogP contribution in [0.3, 0.4) is 0 Å². The van der Waals surface area contributed by atoms with Crippen LogP contribution in [0.15, 0.2) is 58.1 Å². The summed E-state index contributed by atoms with van der Waals surface area (Å²) in [7, 11) is 3.53. The van der Waals surface area contributed by atoms with Gasteiger partial charge in [0.25, 0.3) is 0 Å². The number of benzene rings is 1. The highest BCUT2D eigenvalue weighted by atomic mass is 16.6. The van der Waals surface area contributed by atoms with Crippen molar-refractivity contribution in [2.75, 3.05) is 27.4 Å². The molecule has 0 saturated carbocycles. The second-order valence-electron chi connectivity index (χ2n) is 7.78. The zero-order valence-corrected chi connectivity index (χ0v) is 20.1. The summed E-state index contributed by atoms with van der Waals surface area (Å²) in [5.74, 6) is 1.18. The molecule has 30 heavy (non-hydrogen) atoms. The second kappa shape index (κ2) is 13.9. The average molecular weight is 413 g/mol. The Morgan fingerprint density at radius 3 is 2.40 bits per heavy atom. The predicted molar refractivity (Wildman–Crippen MR) is 130 cm³/mol. The van der Waals surface area contributed by atoms with Crippen molar-refractivity contribution in [1.82, 2.24) is 5.48 Å². The van der Waals surface area contributed by atoms with Crippen molar-refractivity contribution in [2.45, 2.75) is 54.4 Å². The highest BCUT2D eigenvalue weighted by molar-refractivity contribution is 5.97. The van der Waals surface area contributed by atoms with Crippen LogP contribution in [0.25, 0.3) is 5.57 Å². The summed E-state index contributed by atoms with van der Waals surface area (Å²) in [4.78, 5) is 10.2. The molecule has 1 aromatic rings. The van der Waals surface area contributed by atoms with Crippen LogP contribution in [0, 0.1) is 12.8 Å². The number of hydrogen-bond acceptors (Lipinski definition) is 3. The molecule has 0 aliphatic heterocycles. The molecule has 0 aliphatic carbocycles. The topological polar surface area (TPSA) is 42.9 Å². The van der Waals surface area contributed by atoms with E-state index in [2.05, 4.69) is 88.4 Å². The minimum absolute atomic E-state index is 0.383. The molecular formula is C26H40N2O2. The minimum Gasteiger partial charge on any atom is -0.380 e.